The molecule has 0 aliphatic rings. The van der Waals surface area contributed by atoms with Crippen LogP contribution in [0, 0.1) is 6.92 Å². The third-order valence-electron chi connectivity index (χ3n) is 2.96. The van der Waals surface area contributed by atoms with Gasteiger partial charge in [-0.05, 0) is 25.1 Å². The van der Waals surface area contributed by atoms with E-state index in [1.165, 1.54) is 17.8 Å². The van der Waals surface area contributed by atoms with Gasteiger partial charge in [0.15, 0.2) is 0 Å². The van der Waals surface area contributed by atoms with Crippen LogP contribution in [0.3, 0.4) is 0 Å². The molecule has 0 aliphatic carbocycles. The first kappa shape index (κ1) is 16.0. The minimum atomic E-state index is -4.39. The summed E-state index contributed by atoms with van der Waals surface area (Å²) in [5.74, 6) is 0.478. The summed E-state index contributed by atoms with van der Waals surface area (Å²) >= 11 is 7.45. The van der Waals surface area contributed by atoms with Crippen LogP contribution in [-0.4, -0.2) is 9.78 Å². The van der Waals surface area contributed by atoms with Crippen molar-refractivity contribution in [2.24, 2.45) is 7.05 Å². The number of thioether (sulfide) groups is 1. The van der Waals surface area contributed by atoms with E-state index in [0.29, 0.717) is 15.7 Å². The maximum atomic E-state index is 12.6. The number of halogens is 4. The molecule has 8 heteroatoms. The number of benzene rings is 1. The van der Waals surface area contributed by atoms with Crippen molar-refractivity contribution in [3.05, 3.63) is 40.2 Å². The van der Waals surface area contributed by atoms with E-state index >= 15 is 0 Å². The number of anilines is 1. The summed E-state index contributed by atoms with van der Waals surface area (Å²) in [6.45, 7) is 1.79. The fourth-order valence-electron chi connectivity index (χ4n) is 1.84. The van der Waals surface area contributed by atoms with Gasteiger partial charge in [0.05, 0.1) is 22.0 Å². The fraction of sp³-hybridized carbons (Fsp3) is 0.308. The van der Waals surface area contributed by atoms with Gasteiger partial charge in [0.1, 0.15) is 0 Å². The Bertz CT molecular complexity index is 667. The molecule has 0 radical (unpaired) electrons. The van der Waals surface area contributed by atoms with E-state index in [1.807, 2.05) is 0 Å². The molecule has 1 heterocycles. The highest BCUT2D eigenvalue weighted by molar-refractivity contribution is 7.98. The first-order valence-corrected chi connectivity index (χ1v) is 7.34. The second-order valence-electron chi connectivity index (χ2n) is 4.51. The second kappa shape index (κ2) is 5.81. The van der Waals surface area contributed by atoms with Gasteiger partial charge in [0.25, 0.3) is 0 Å². The quantitative estimate of drug-likeness (QED) is 0.672. The number of nitrogen functional groups attached to an aromatic ring is 1. The van der Waals surface area contributed by atoms with Crippen LogP contribution in [0.5, 0.6) is 0 Å². The van der Waals surface area contributed by atoms with Gasteiger partial charge in [-0.25, -0.2) is 0 Å². The van der Waals surface area contributed by atoms with Crippen molar-refractivity contribution in [1.29, 1.82) is 0 Å². The first-order chi connectivity index (χ1) is 9.70. The Labute approximate surface area is 129 Å². The molecule has 0 unspecified atom stereocenters. The van der Waals surface area contributed by atoms with Crippen LogP contribution in [0.4, 0.5) is 18.9 Å². The SMILES string of the molecule is Cc1nn(C)c(CSc2ccc(C(F)(F)F)cc2N)c1Cl. The van der Waals surface area contributed by atoms with Gasteiger partial charge in [0.2, 0.25) is 0 Å². The lowest BCUT2D eigenvalue weighted by molar-refractivity contribution is -0.137. The second-order valence-corrected chi connectivity index (χ2v) is 5.90. The molecular weight excluding hydrogens is 323 g/mol. The van der Waals surface area contributed by atoms with Crippen LogP contribution in [-0.2, 0) is 19.0 Å². The van der Waals surface area contributed by atoms with E-state index < -0.39 is 11.7 Å². The molecule has 21 heavy (non-hydrogen) atoms. The molecule has 0 amide bonds. The predicted octanol–water partition coefficient (Wildman–Crippen LogP) is 4.28. The Morgan fingerprint density at radius 2 is 2.05 bits per heavy atom. The number of alkyl halides is 3. The van der Waals surface area contributed by atoms with Crippen LogP contribution in [0.25, 0.3) is 0 Å². The molecule has 1 aromatic heterocycles. The van der Waals surface area contributed by atoms with E-state index in [9.17, 15) is 13.2 Å². The predicted molar refractivity (Wildman–Crippen MR) is 78.4 cm³/mol. The number of nitrogens with two attached hydrogens (primary N) is 1. The average Bonchev–Trinajstić information content (AvgIpc) is 2.61. The maximum absolute atomic E-state index is 12.6. The lowest BCUT2D eigenvalue weighted by Crippen LogP contribution is -2.06. The standard InChI is InChI=1S/C13H13ClF3N3S/c1-7-12(14)10(20(2)19-7)6-21-11-4-3-8(5-9(11)18)13(15,16)17/h3-5H,6,18H2,1-2H3. The molecular formula is C13H13ClF3N3S. The zero-order chi connectivity index (χ0) is 15.8. The summed E-state index contributed by atoms with van der Waals surface area (Å²) in [6, 6.07) is 3.34. The molecule has 0 atom stereocenters. The molecule has 3 nitrogen and oxygen atoms in total. The summed E-state index contributed by atoms with van der Waals surface area (Å²) in [5.41, 5.74) is 6.56. The van der Waals surface area contributed by atoms with Crippen molar-refractivity contribution in [1.82, 2.24) is 9.78 Å². The van der Waals surface area contributed by atoms with E-state index in [1.54, 1.807) is 18.7 Å². The summed E-state index contributed by atoms with van der Waals surface area (Å²) in [7, 11) is 1.77. The Hall–Kier alpha value is -1.34. The minimum absolute atomic E-state index is 0.102. The van der Waals surface area contributed by atoms with E-state index in [4.69, 9.17) is 17.3 Å². The van der Waals surface area contributed by atoms with Gasteiger partial charge in [-0.1, -0.05) is 11.6 Å². The molecule has 114 valence electrons. The highest BCUT2D eigenvalue weighted by Gasteiger charge is 2.30. The average molecular weight is 336 g/mol. The molecule has 0 saturated carbocycles. The Balaban J connectivity index is 2.17. The van der Waals surface area contributed by atoms with E-state index in [2.05, 4.69) is 5.10 Å². The number of aromatic nitrogens is 2. The largest absolute Gasteiger partial charge is 0.416 e. The van der Waals surface area contributed by atoms with E-state index in [0.717, 1.165) is 23.5 Å². The Morgan fingerprint density at radius 3 is 2.52 bits per heavy atom. The van der Waals surface area contributed by atoms with Crippen molar-refractivity contribution in [3.63, 3.8) is 0 Å². The lowest BCUT2D eigenvalue weighted by atomic mass is 10.2. The number of hydrogen-bond acceptors (Lipinski definition) is 3. The van der Waals surface area contributed by atoms with Gasteiger partial charge >= 0.3 is 6.18 Å². The van der Waals surface area contributed by atoms with Crippen molar-refractivity contribution in [2.75, 3.05) is 5.73 Å². The molecule has 0 bridgehead atoms. The zero-order valence-corrected chi connectivity index (χ0v) is 12.9. The summed E-state index contributed by atoms with van der Waals surface area (Å²) in [4.78, 5) is 0.581. The lowest BCUT2D eigenvalue weighted by Gasteiger charge is -2.10. The Kier molecular flexibility index (Phi) is 4.43. The third kappa shape index (κ3) is 3.47. The first-order valence-electron chi connectivity index (χ1n) is 5.97. The molecule has 0 fully saturated rings. The number of rotatable bonds is 3. The molecule has 0 aliphatic heterocycles. The van der Waals surface area contributed by atoms with Gasteiger partial charge < -0.3 is 5.73 Å². The van der Waals surface area contributed by atoms with E-state index in [-0.39, 0.29) is 5.69 Å². The van der Waals surface area contributed by atoms with Gasteiger partial charge in [-0.3, -0.25) is 4.68 Å². The van der Waals surface area contributed by atoms with Gasteiger partial charge in [-0.2, -0.15) is 18.3 Å². The molecule has 2 N–H and O–H groups in total. The number of nitrogens with zero attached hydrogens (tertiary/aromatic N) is 2. The number of hydrogen-bond donors (Lipinski definition) is 1. The monoisotopic (exact) mass is 335 g/mol. The highest BCUT2D eigenvalue weighted by atomic mass is 35.5. The normalized spacial score (nSPS) is 11.9. The molecule has 0 spiro atoms. The molecule has 0 saturated heterocycles. The van der Waals surface area contributed by atoms with Crippen LogP contribution in [0.15, 0.2) is 23.1 Å². The van der Waals surface area contributed by atoms with Gasteiger partial charge in [-0.15, -0.1) is 11.8 Å². The highest BCUT2D eigenvalue weighted by Crippen LogP contribution is 2.36. The summed E-state index contributed by atoms with van der Waals surface area (Å²) < 4.78 is 39.4. The number of aryl methyl sites for hydroxylation is 2. The van der Waals surface area contributed by atoms with Crippen LogP contribution in [0.1, 0.15) is 17.0 Å². The molecule has 1 aromatic carbocycles. The van der Waals surface area contributed by atoms with Crippen molar-refractivity contribution in [2.45, 2.75) is 23.7 Å². The van der Waals surface area contributed by atoms with Crippen molar-refractivity contribution < 1.29 is 13.2 Å². The van der Waals surface area contributed by atoms with Crippen molar-refractivity contribution >= 4 is 29.1 Å². The van der Waals surface area contributed by atoms with Gasteiger partial charge in [0, 0.05) is 23.4 Å². The molecule has 2 aromatic rings. The fourth-order valence-corrected chi connectivity index (χ4v) is 3.16. The third-order valence-corrected chi connectivity index (χ3v) is 4.56. The zero-order valence-electron chi connectivity index (χ0n) is 11.3. The molecule has 2 rings (SSSR count). The van der Waals surface area contributed by atoms with Crippen LogP contribution >= 0.6 is 23.4 Å². The Morgan fingerprint density at radius 1 is 1.38 bits per heavy atom. The smallest absolute Gasteiger partial charge is 0.398 e. The van der Waals surface area contributed by atoms with Crippen LogP contribution < -0.4 is 5.73 Å². The summed E-state index contributed by atoms with van der Waals surface area (Å²) in [5, 5.41) is 4.75. The summed E-state index contributed by atoms with van der Waals surface area (Å²) in [6.07, 6.45) is -4.39. The topological polar surface area (TPSA) is 43.8 Å². The van der Waals surface area contributed by atoms with Crippen molar-refractivity contribution in [3.8, 4) is 0 Å². The maximum Gasteiger partial charge on any atom is 0.416 e. The minimum Gasteiger partial charge on any atom is -0.398 e. The van der Waals surface area contributed by atoms with Crippen LogP contribution in [0.2, 0.25) is 5.02 Å².